The Bertz CT molecular complexity index is 1480. The molecular weight excluding hydrogens is 483 g/mol. The molecule has 2 saturated heterocycles. The maximum atomic E-state index is 16.0. The average molecular weight is 507 g/mol. The number of anilines is 1. The van der Waals surface area contributed by atoms with Crippen LogP contribution in [-0.2, 0) is 9.53 Å². The summed E-state index contributed by atoms with van der Waals surface area (Å²) in [7, 11) is 0. The van der Waals surface area contributed by atoms with Gasteiger partial charge in [0.1, 0.15) is 23.4 Å². The van der Waals surface area contributed by atoms with Gasteiger partial charge in [-0.25, -0.2) is 14.4 Å². The monoisotopic (exact) mass is 506 g/mol. The predicted octanol–water partition coefficient (Wildman–Crippen LogP) is 4.63. The topological polar surface area (TPSA) is 78.8 Å². The number of benzene rings is 3. The largest absolute Gasteiger partial charge is 0.508 e. The van der Waals surface area contributed by atoms with Crippen molar-refractivity contribution in [2.45, 2.75) is 6.42 Å². The van der Waals surface area contributed by atoms with E-state index in [2.05, 4.69) is 9.97 Å². The minimum atomic E-state index is -0.563. The summed E-state index contributed by atoms with van der Waals surface area (Å²) >= 11 is 6.68. The fourth-order valence-corrected chi connectivity index (χ4v) is 5.54. The Kier molecular flexibility index (Phi) is 5.85. The molecule has 0 radical (unpaired) electrons. The Morgan fingerprint density at radius 1 is 1.08 bits per heavy atom. The first kappa shape index (κ1) is 22.9. The molecule has 184 valence electrons. The van der Waals surface area contributed by atoms with Crippen LogP contribution in [0.5, 0.6) is 5.75 Å². The number of carbonyl (C=O) groups is 1. The van der Waals surface area contributed by atoms with E-state index in [0.29, 0.717) is 56.2 Å². The van der Waals surface area contributed by atoms with Gasteiger partial charge in [-0.05, 0) is 41.0 Å². The molecule has 7 nitrogen and oxygen atoms in total. The number of halogens is 2. The van der Waals surface area contributed by atoms with E-state index in [0.717, 1.165) is 17.2 Å². The maximum Gasteiger partial charge on any atom is 0.228 e. The number of phenols is 1. The van der Waals surface area contributed by atoms with Crippen LogP contribution in [-0.4, -0.2) is 65.3 Å². The van der Waals surface area contributed by atoms with Gasteiger partial charge < -0.3 is 19.6 Å². The molecule has 1 atom stereocenters. The van der Waals surface area contributed by atoms with Crippen LogP contribution in [0, 0.1) is 11.7 Å². The standard InChI is InChI=1S/C27H24ClFN4O3/c28-22-13-21-25(24(29)23(22)20-12-18(34)11-16-3-1-2-4-19(16)20)30-15-31-26(21)32-6-8-33(9-7-32)27(35)17-5-10-36-14-17/h1-4,11-13,15,17,34H,5-10,14H2. The van der Waals surface area contributed by atoms with Crippen molar-refractivity contribution in [3.8, 4) is 16.9 Å². The summed E-state index contributed by atoms with van der Waals surface area (Å²) in [6.45, 7) is 3.39. The van der Waals surface area contributed by atoms with Gasteiger partial charge in [0.2, 0.25) is 5.91 Å². The lowest BCUT2D eigenvalue weighted by molar-refractivity contribution is -0.135. The van der Waals surface area contributed by atoms with Gasteiger partial charge >= 0.3 is 0 Å². The SMILES string of the molecule is O=C(C1CCOC1)N1CCN(c2ncnc3c(F)c(-c4cc(O)cc5ccccc45)c(Cl)cc23)CC1. The number of fused-ring (bicyclic) bond motifs is 2. The number of aromatic nitrogens is 2. The number of aromatic hydroxyl groups is 1. The minimum Gasteiger partial charge on any atom is -0.508 e. The molecule has 3 aromatic carbocycles. The molecule has 2 fully saturated rings. The summed E-state index contributed by atoms with van der Waals surface area (Å²) in [6, 6.07) is 12.3. The van der Waals surface area contributed by atoms with E-state index in [1.165, 1.54) is 12.4 Å². The summed E-state index contributed by atoms with van der Waals surface area (Å²) < 4.78 is 21.4. The summed E-state index contributed by atoms with van der Waals surface area (Å²) in [4.78, 5) is 25.4. The van der Waals surface area contributed by atoms with Crippen molar-refractivity contribution in [3.05, 3.63) is 59.6 Å². The first-order valence-electron chi connectivity index (χ1n) is 12.0. The fourth-order valence-electron chi connectivity index (χ4n) is 5.24. The van der Waals surface area contributed by atoms with Crippen LogP contribution in [0.4, 0.5) is 10.2 Å². The number of ether oxygens (including phenoxy) is 1. The molecule has 9 heteroatoms. The Balaban J connectivity index is 1.36. The van der Waals surface area contributed by atoms with E-state index in [1.807, 2.05) is 34.1 Å². The van der Waals surface area contributed by atoms with Crippen LogP contribution in [0.2, 0.25) is 5.02 Å². The smallest absolute Gasteiger partial charge is 0.228 e. The van der Waals surface area contributed by atoms with Crippen molar-refractivity contribution in [1.29, 1.82) is 0 Å². The number of rotatable bonds is 3. The third kappa shape index (κ3) is 3.90. The van der Waals surface area contributed by atoms with Gasteiger partial charge in [0.15, 0.2) is 5.82 Å². The van der Waals surface area contributed by atoms with Crippen LogP contribution in [0.1, 0.15) is 6.42 Å². The van der Waals surface area contributed by atoms with Crippen LogP contribution in [0.3, 0.4) is 0 Å². The van der Waals surface area contributed by atoms with Crippen molar-refractivity contribution in [2.75, 3.05) is 44.3 Å². The number of carbonyl (C=O) groups excluding carboxylic acids is 1. The van der Waals surface area contributed by atoms with Crippen molar-refractivity contribution >= 4 is 45.0 Å². The van der Waals surface area contributed by atoms with Crippen molar-refractivity contribution < 1.29 is 19.0 Å². The van der Waals surface area contributed by atoms with Gasteiger partial charge in [-0.2, -0.15) is 0 Å². The molecule has 0 spiro atoms. The molecule has 0 bridgehead atoms. The highest BCUT2D eigenvalue weighted by Crippen LogP contribution is 2.41. The Morgan fingerprint density at radius 2 is 1.89 bits per heavy atom. The lowest BCUT2D eigenvalue weighted by Gasteiger charge is -2.36. The number of amides is 1. The lowest BCUT2D eigenvalue weighted by Crippen LogP contribution is -2.50. The van der Waals surface area contributed by atoms with Crippen molar-refractivity contribution in [2.24, 2.45) is 5.92 Å². The zero-order chi connectivity index (χ0) is 24.8. The fraction of sp³-hybridized carbons (Fsp3) is 0.296. The van der Waals surface area contributed by atoms with E-state index in [4.69, 9.17) is 16.3 Å². The summed E-state index contributed by atoms with van der Waals surface area (Å²) in [5.41, 5.74) is 0.849. The normalized spacial score (nSPS) is 18.3. The molecule has 2 aliphatic rings. The third-order valence-electron chi connectivity index (χ3n) is 7.09. The van der Waals surface area contributed by atoms with Crippen LogP contribution in [0.25, 0.3) is 32.8 Å². The molecule has 0 saturated carbocycles. The highest BCUT2D eigenvalue weighted by atomic mass is 35.5. The maximum absolute atomic E-state index is 16.0. The second-order valence-electron chi connectivity index (χ2n) is 9.23. The van der Waals surface area contributed by atoms with Crippen LogP contribution >= 0.6 is 11.6 Å². The van der Waals surface area contributed by atoms with Gasteiger partial charge in [-0.3, -0.25) is 4.79 Å². The molecule has 1 unspecified atom stereocenters. The zero-order valence-corrected chi connectivity index (χ0v) is 20.2. The van der Waals surface area contributed by atoms with Gasteiger partial charge in [0.05, 0.1) is 17.5 Å². The quantitative estimate of drug-likeness (QED) is 0.436. The number of hydrogen-bond acceptors (Lipinski definition) is 6. The molecule has 36 heavy (non-hydrogen) atoms. The molecule has 4 aromatic rings. The van der Waals surface area contributed by atoms with E-state index in [-0.39, 0.29) is 33.7 Å². The lowest BCUT2D eigenvalue weighted by atomic mass is 9.96. The minimum absolute atomic E-state index is 0.0271. The molecule has 6 rings (SSSR count). The number of piperazine rings is 1. The average Bonchev–Trinajstić information content (AvgIpc) is 3.43. The van der Waals surface area contributed by atoms with Gasteiger partial charge in [-0.1, -0.05) is 35.9 Å². The summed E-state index contributed by atoms with van der Waals surface area (Å²) in [6.07, 6.45) is 2.12. The summed E-state index contributed by atoms with van der Waals surface area (Å²) in [5, 5.41) is 12.6. The van der Waals surface area contributed by atoms with Crippen LogP contribution in [0.15, 0.2) is 48.8 Å². The number of phenolic OH excluding ortho intramolecular Hbond substituents is 1. The molecule has 1 N–H and O–H groups in total. The number of hydrogen-bond donors (Lipinski definition) is 1. The third-order valence-corrected chi connectivity index (χ3v) is 7.38. The predicted molar refractivity (Wildman–Crippen MR) is 137 cm³/mol. The molecule has 1 aromatic heterocycles. The summed E-state index contributed by atoms with van der Waals surface area (Å²) in [5.74, 6) is 0.128. The zero-order valence-electron chi connectivity index (χ0n) is 19.5. The molecule has 0 aliphatic carbocycles. The molecule has 1 amide bonds. The molecule has 3 heterocycles. The highest BCUT2D eigenvalue weighted by Gasteiger charge is 2.31. The van der Waals surface area contributed by atoms with E-state index in [1.54, 1.807) is 12.1 Å². The Morgan fingerprint density at radius 3 is 2.67 bits per heavy atom. The van der Waals surface area contributed by atoms with E-state index in [9.17, 15) is 9.90 Å². The first-order valence-corrected chi connectivity index (χ1v) is 12.4. The van der Waals surface area contributed by atoms with Gasteiger partial charge in [0.25, 0.3) is 0 Å². The Hall–Kier alpha value is -3.49. The van der Waals surface area contributed by atoms with Gasteiger partial charge in [-0.15, -0.1) is 0 Å². The van der Waals surface area contributed by atoms with Crippen molar-refractivity contribution in [1.82, 2.24) is 14.9 Å². The van der Waals surface area contributed by atoms with E-state index < -0.39 is 5.82 Å². The second-order valence-corrected chi connectivity index (χ2v) is 9.64. The Labute approximate surface area is 212 Å². The number of nitrogens with zero attached hydrogens (tertiary/aromatic N) is 4. The second kappa shape index (κ2) is 9.19. The molecular formula is C27H24ClFN4O3. The van der Waals surface area contributed by atoms with Crippen LogP contribution < -0.4 is 4.90 Å². The van der Waals surface area contributed by atoms with E-state index >= 15 is 4.39 Å². The highest BCUT2D eigenvalue weighted by molar-refractivity contribution is 6.35. The first-order chi connectivity index (χ1) is 17.5. The molecule has 2 aliphatic heterocycles. The van der Waals surface area contributed by atoms with Crippen molar-refractivity contribution in [3.63, 3.8) is 0 Å². The van der Waals surface area contributed by atoms with Gasteiger partial charge in [0, 0.05) is 43.7 Å².